The van der Waals surface area contributed by atoms with E-state index in [1.165, 1.54) is 0 Å². The Bertz CT molecular complexity index is 698. The van der Waals surface area contributed by atoms with Crippen LogP contribution in [0.2, 0.25) is 0 Å². The molecule has 0 radical (unpaired) electrons. The van der Waals surface area contributed by atoms with E-state index in [0.717, 1.165) is 44.5 Å². The molecule has 6 nitrogen and oxygen atoms in total. The molecule has 3 fully saturated rings. The van der Waals surface area contributed by atoms with Gasteiger partial charge in [-0.2, -0.15) is 0 Å². The number of rotatable bonds is 4. The van der Waals surface area contributed by atoms with Gasteiger partial charge in [-0.05, 0) is 51.0 Å². The second kappa shape index (κ2) is 8.11. The van der Waals surface area contributed by atoms with E-state index < -0.39 is 0 Å². The van der Waals surface area contributed by atoms with Crippen LogP contribution >= 0.6 is 0 Å². The van der Waals surface area contributed by atoms with Crippen molar-refractivity contribution >= 4 is 11.8 Å². The van der Waals surface area contributed by atoms with Gasteiger partial charge in [0.15, 0.2) is 0 Å². The Morgan fingerprint density at radius 2 is 1.54 bits per heavy atom. The molecule has 0 unspecified atom stereocenters. The average Bonchev–Trinajstić information content (AvgIpc) is 3.53. The summed E-state index contributed by atoms with van der Waals surface area (Å²) in [5.74, 6) is 1.45. The van der Waals surface area contributed by atoms with Gasteiger partial charge in [-0.1, -0.05) is 0 Å². The van der Waals surface area contributed by atoms with Crippen LogP contribution in [0.5, 0.6) is 5.75 Å². The van der Waals surface area contributed by atoms with Gasteiger partial charge in [-0.15, -0.1) is 0 Å². The molecule has 28 heavy (non-hydrogen) atoms. The molecular formula is C22H30N2O4. The molecule has 4 rings (SSSR count). The number of carbonyl (C=O) groups excluding carboxylic acids is 2. The number of morpholine rings is 1. The van der Waals surface area contributed by atoms with Gasteiger partial charge in [0.25, 0.3) is 5.91 Å². The molecule has 2 atom stereocenters. The molecule has 0 spiro atoms. The molecule has 0 bridgehead atoms. The van der Waals surface area contributed by atoms with Crippen molar-refractivity contribution in [2.24, 2.45) is 5.92 Å². The van der Waals surface area contributed by atoms with Gasteiger partial charge in [0, 0.05) is 50.5 Å². The number of piperidine rings is 1. The second-order valence-electron chi connectivity index (χ2n) is 8.41. The van der Waals surface area contributed by atoms with Gasteiger partial charge in [0.2, 0.25) is 5.91 Å². The summed E-state index contributed by atoms with van der Waals surface area (Å²) in [6.45, 7) is 6.81. The second-order valence-corrected chi connectivity index (χ2v) is 8.41. The fraction of sp³-hybridized carbons (Fsp3) is 0.636. The molecule has 1 aliphatic carbocycles. The fourth-order valence-corrected chi connectivity index (χ4v) is 4.18. The Hall–Kier alpha value is -2.08. The number of nitrogens with zero attached hydrogens (tertiary/aromatic N) is 2. The molecule has 1 aromatic rings. The third-order valence-corrected chi connectivity index (χ3v) is 5.79. The number of amides is 2. The predicted octanol–water partition coefficient (Wildman–Crippen LogP) is 2.72. The zero-order valence-electron chi connectivity index (χ0n) is 16.8. The molecule has 2 saturated heterocycles. The van der Waals surface area contributed by atoms with Crippen LogP contribution in [-0.2, 0) is 9.53 Å². The molecule has 0 N–H and O–H groups in total. The number of carbonyl (C=O) groups is 2. The van der Waals surface area contributed by atoms with E-state index in [0.29, 0.717) is 30.5 Å². The molecule has 3 aliphatic rings. The van der Waals surface area contributed by atoms with Crippen molar-refractivity contribution < 1.29 is 19.1 Å². The van der Waals surface area contributed by atoms with Gasteiger partial charge in [-0.25, -0.2) is 0 Å². The van der Waals surface area contributed by atoms with Crippen LogP contribution in [0.15, 0.2) is 24.3 Å². The molecule has 1 aromatic carbocycles. The summed E-state index contributed by atoms with van der Waals surface area (Å²) in [6, 6.07) is 7.44. The van der Waals surface area contributed by atoms with E-state index >= 15 is 0 Å². The van der Waals surface area contributed by atoms with Crippen molar-refractivity contribution in [3.63, 3.8) is 0 Å². The summed E-state index contributed by atoms with van der Waals surface area (Å²) in [4.78, 5) is 28.7. The predicted molar refractivity (Wildman–Crippen MR) is 105 cm³/mol. The van der Waals surface area contributed by atoms with E-state index in [9.17, 15) is 9.59 Å². The molecule has 152 valence electrons. The summed E-state index contributed by atoms with van der Waals surface area (Å²) in [7, 11) is 0. The monoisotopic (exact) mass is 386 g/mol. The first kappa shape index (κ1) is 19.2. The number of benzene rings is 1. The topological polar surface area (TPSA) is 59.1 Å². The lowest BCUT2D eigenvalue weighted by molar-refractivity contribution is -0.134. The first-order valence-electron chi connectivity index (χ1n) is 10.5. The maximum Gasteiger partial charge on any atom is 0.254 e. The standard InChI is InChI=1S/C22H30N2O4/c1-15-13-24(14-16(2)27-15)22(26)18-5-7-19(8-6-18)28-20-9-11-23(12-10-20)21(25)17-3-4-17/h5-8,15-17,20H,3-4,9-14H2,1-2H3/t15-,16+. The van der Waals surface area contributed by atoms with Crippen LogP contribution in [0.4, 0.5) is 0 Å². The first-order valence-corrected chi connectivity index (χ1v) is 10.5. The van der Waals surface area contributed by atoms with Crippen LogP contribution < -0.4 is 4.74 Å². The summed E-state index contributed by atoms with van der Waals surface area (Å²) in [6.07, 6.45) is 4.10. The van der Waals surface area contributed by atoms with E-state index in [4.69, 9.17) is 9.47 Å². The van der Waals surface area contributed by atoms with Crippen LogP contribution in [0.3, 0.4) is 0 Å². The van der Waals surface area contributed by atoms with Gasteiger partial charge >= 0.3 is 0 Å². The zero-order chi connectivity index (χ0) is 19.7. The summed E-state index contributed by atoms with van der Waals surface area (Å²) >= 11 is 0. The number of ether oxygens (including phenoxy) is 2. The molecular weight excluding hydrogens is 356 g/mol. The highest BCUT2D eigenvalue weighted by Gasteiger charge is 2.35. The number of hydrogen-bond acceptors (Lipinski definition) is 4. The largest absolute Gasteiger partial charge is 0.490 e. The van der Waals surface area contributed by atoms with E-state index in [1.54, 1.807) is 0 Å². The summed E-state index contributed by atoms with van der Waals surface area (Å²) in [5, 5.41) is 0. The Labute approximate surface area is 166 Å². The van der Waals surface area contributed by atoms with E-state index in [2.05, 4.69) is 0 Å². The van der Waals surface area contributed by atoms with Crippen molar-refractivity contribution in [2.75, 3.05) is 26.2 Å². The van der Waals surface area contributed by atoms with Crippen LogP contribution in [0.25, 0.3) is 0 Å². The Morgan fingerprint density at radius 3 is 2.11 bits per heavy atom. The average molecular weight is 386 g/mol. The number of likely N-dealkylation sites (tertiary alicyclic amines) is 1. The highest BCUT2D eigenvalue weighted by atomic mass is 16.5. The van der Waals surface area contributed by atoms with Gasteiger partial charge in [-0.3, -0.25) is 9.59 Å². The minimum atomic E-state index is 0.0421. The maximum atomic E-state index is 12.7. The number of hydrogen-bond donors (Lipinski definition) is 0. The van der Waals surface area contributed by atoms with Crippen LogP contribution in [0.1, 0.15) is 49.9 Å². The van der Waals surface area contributed by atoms with Crippen molar-refractivity contribution in [1.82, 2.24) is 9.80 Å². The lowest BCUT2D eigenvalue weighted by Crippen LogP contribution is -2.48. The molecule has 2 heterocycles. The lowest BCUT2D eigenvalue weighted by Gasteiger charge is -2.35. The van der Waals surface area contributed by atoms with Crippen LogP contribution in [-0.4, -0.2) is 66.1 Å². The smallest absolute Gasteiger partial charge is 0.254 e. The highest BCUT2D eigenvalue weighted by molar-refractivity contribution is 5.94. The third-order valence-electron chi connectivity index (χ3n) is 5.79. The van der Waals surface area contributed by atoms with Crippen molar-refractivity contribution in [1.29, 1.82) is 0 Å². The van der Waals surface area contributed by atoms with E-state index in [1.807, 2.05) is 47.9 Å². The Kier molecular flexibility index (Phi) is 5.58. The van der Waals surface area contributed by atoms with Crippen molar-refractivity contribution in [2.45, 2.75) is 57.8 Å². The Morgan fingerprint density at radius 1 is 0.929 bits per heavy atom. The quantitative estimate of drug-likeness (QED) is 0.798. The zero-order valence-corrected chi connectivity index (χ0v) is 16.8. The SMILES string of the molecule is C[C@@H]1CN(C(=O)c2ccc(OC3CCN(C(=O)C4CC4)CC3)cc2)C[C@H](C)O1. The minimum absolute atomic E-state index is 0.0421. The van der Waals surface area contributed by atoms with Gasteiger partial charge in [0.05, 0.1) is 12.2 Å². The molecule has 1 saturated carbocycles. The highest BCUT2D eigenvalue weighted by Crippen LogP contribution is 2.32. The van der Waals surface area contributed by atoms with E-state index in [-0.39, 0.29) is 24.2 Å². The maximum absolute atomic E-state index is 12.7. The molecule has 0 aromatic heterocycles. The third kappa shape index (κ3) is 4.49. The Balaban J connectivity index is 1.29. The molecule has 2 aliphatic heterocycles. The first-order chi connectivity index (χ1) is 13.5. The van der Waals surface area contributed by atoms with Crippen LogP contribution in [0, 0.1) is 5.92 Å². The summed E-state index contributed by atoms with van der Waals surface area (Å²) in [5.41, 5.74) is 0.679. The molecule has 6 heteroatoms. The van der Waals surface area contributed by atoms with Crippen molar-refractivity contribution in [3.05, 3.63) is 29.8 Å². The fourth-order valence-electron chi connectivity index (χ4n) is 4.18. The normalized spacial score (nSPS) is 26.2. The lowest BCUT2D eigenvalue weighted by atomic mass is 10.1. The van der Waals surface area contributed by atoms with Gasteiger partial charge in [0.1, 0.15) is 11.9 Å². The minimum Gasteiger partial charge on any atom is -0.490 e. The summed E-state index contributed by atoms with van der Waals surface area (Å²) < 4.78 is 11.8. The van der Waals surface area contributed by atoms with Crippen molar-refractivity contribution in [3.8, 4) is 5.75 Å². The molecule has 2 amide bonds. The van der Waals surface area contributed by atoms with Gasteiger partial charge < -0.3 is 19.3 Å².